The van der Waals surface area contributed by atoms with Crippen molar-refractivity contribution in [1.82, 2.24) is 28.9 Å². The summed E-state index contributed by atoms with van der Waals surface area (Å²) < 4.78 is 4.20. The number of nitrogens with zero attached hydrogens (tertiary/aromatic N) is 6. The number of aryl methyl sites for hydroxylation is 2. The molecule has 0 aliphatic carbocycles. The molecule has 1 atom stereocenters. The van der Waals surface area contributed by atoms with Crippen LogP contribution in [-0.2, 0) is 13.6 Å². The lowest BCUT2D eigenvalue weighted by Crippen LogP contribution is -2.57. The maximum Gasteiger partial charge on any atom is 0.408 e. The molecule has 5 rings (SSSR count). The lowest BCUT2D eigenvalue weighted by molar-refractivity contribution is 0.0315. The van der Waals surface area contributed by atoms with E-state index in [0.29, 0.717) is 18.7 Å². The van der Waals surface area contributed by atoms with Crippen LogP contribution in [0.1, 0.15) is 50.9 Å². The second-order valence-corrected chi connectivity index (χ2v) is 10.8. The van der Waals surface area contributed by atoms with E-state index in [1.54, 1.807) is 11.1 Å². The molecule has 194 valence electrons. The van der Waals surface area contributed by atoms with Crippen molar-refractivity contribution in [2.24, 2.45) is 7.05 Å². The van der Waals surface area contributed by atoms with Gasteiger partial charge >= 0.3 is 6.09 Å². The number of hydrogen-bond acceptors (Lipinski definition) is 4. The Morgan fingerprint density at radius 2 is 1.97 bits per heavy atom. The third-order valence-electron chi connectivity index (χ3n) is 7.31. The SMILES string of the molecule is CCn1c(-c2nc3cc(C(=O)N4CCCC(N(C(=O)O)C(C)(C)C)C4)ccc3n2C)cc2cccnc21. The molecule has 0 bridgehead atoms. The molecule has 3 aromatic heterocycles. The van der Waals surface area contributed by atoms with Crippen molar-refractivity contribution < 1.29 is 14.7 Å². The molecule has 1 aromatic carbocycles. The summed E-state index contributed by atoms with van der Waals surface area (Å²) in [6, 6.07) is 11.5. The van der Waals surface area contributed by atoms with Crippen LogP contribution in [0.3, 0.4) is 0 Å². The fourth-order valence-electron chi connectivity index (χ4n) is 5.68. The summed E-state index contributed by atoms with van der Waals surface area (Å²) in [5, 5.41) is 10.9. The van der Waals surface area contributed by atoms with Crippen molar-refractivity contribution in [2.45, 2.75) is 58.7 Å². The first-order valence-electron chi connectivity index (χ1n) is 12.8. The van der Waals surface area contributed by atoms with Crippen LogP contribution >= 0.6 is 0 Å². The molecule has 9 nitrogen and oxygen atoms in total. The third kappa shape index (κ3) is 4.32. The van der Waals surface area contributed by atoms with Crippen molar-refractivity contribution in [1.29, 1.82) is 0 Å². The van der Waals surface area contributed by atoms with Crippen LogP contribution in [0, 0.1) is 0 Å². The smallest absolute Gasteiger partial charge is 0.408 e. The molecule has 0 spiro atoms. The van der Waals surface area contributed by atoms with Gasteiger partial charge in [0.05, 0.1) is 22.8 Å². The van der Waals surface area contributed by atoms with Crippen LogP contribution in [0.2, 0.25) is 0 Å². The molecule has 1 N–H and O–H groups in total. The van der Waals surface area contributed by atoms with E-state index < -0.39 is 11.6 Å². The first-order chi connectivity index (χ1) is 17.6. The minimum Gasteiger partial charge on any atom is -0.465 e. The number of pyridine rings is 1. The fourth-order valence-corrected chi connectivity index (χ4v) is 5.68. The molecular weight excluding hydrogens is 468 g/mol. The largest absolute Gasteiger partial charge is 0.465 e. The standard InChI is InChI=1S/C28H34N6O3/c1-6-33-23(16-18-9-7-13-29-24(18)33)25-30-21-15-19(11-12-22(21)31(25)5)26(35)32-14-8-10-20(17-32)34(27(36)37)28(2,3)4/h7,9,11-13,15-16,20H,6,8,10,14,17H2,1-5H3,(H,36,37). The molecule has 1 aliphatic rings. The van der Waals surface area contributed by atoms with E-state index in [4.69, 9.17) is 4.98 Å². The summed E-state index contributed by atoms with van der Waals surface area (Å²) in [6.45, 7) is 9.53. The molecule has 4 aromatic rings. The lowest BCUT2D eigenvalue weighted by Gasteiger charge is -2.44. The number of aromatic nitrogens is 4. The van der Waals surface area contributed by atoms with Gasteiger partial charge in [-0.2, -0.15) is 0 Å². The molecule has 1 fully saturated rings. The molecule has 1 aliphatic heterocycles. The van der Waals surface area contributed by atoms with Gasteiger partial charge in [-0.05, 0) is 76.9 Å². The normalized spacial score (nSPS) is 16.5. The van der Waals surface area contributed by atoms with Crippen LogP contribution in [0.4, 0.5) is 4.79 Å². The van der Waals surface area contributed by atoms with Crippen LogP contribution in [0.5, 0.6) is 0 Å². The molecule has 37 heavy (non-hydrogen) atoms. The van der Waals surface area contributed by atoms with Crippen LogP contribution in [-0.4, -0.2) is 70.7 Å². The van der Waals surface area contributed by atoms with E-state index in [9.17, 15) is 14.7 Å². The highest BCUT2D eigenvalue weighted by atomic mass is 16.4. The van der Waals surface area contributed by atoms with Crippen molar-refractivity contribution in [3.8, 4) is 11.5 Å². The Morgan fingerprint density at radius 1 is 1.19 bits per heavy atom. The molecule has 1 unspecified atom stereocenters. The highest BCUT2D eigenvalue weighted by molar-refractivity contribution is 5.98. The van der Waals surface area contributed by atoms with Gasteiger partial charge in [-0.15, -0.1) is 0 Å². The monoisotopic (exact) mass is 502 g/mol. The average Bonchev–Trinajstić information content (AvgIpc) is 3.39. The van der Waals surface area contributed by atoms with E-state index in [1.807, 2.05) is 52.1 Å². The minimum absolute atomic E-state index is 0.0927. The Balaban J connectivity index is 1.46. The molecule has 2 amide bonds. The predicted octanol–water partition coefficient (Wildman–Crippen LogP) is 4.99. The number of fused-ring (bicyclic) bond motifs is 2. The lowest BCUT2D eigenvalue weighted by atomic mass is 9.97. The van der Waals surface area contributed by atoms with Crippen LogP contribution in [0.15, 0.2) is 42.6 Å². The van der Waals surface area contributed by atoms with Crippen molar-refractivity contribution in [2.75, 3.05) is 13.1 Å². The van der Waals surface area contributed by atoms with E-state index in [2.05, 4.69) is 33.2 Å². The molecule has 9 heteroatoms. The van der Waals surface area contributed by atoms with Gasteiger partial charge in [0.1, 0.15) is 5.65 Å². The van der Waals surface area contributed by atoms with Gasteiger partial charge in [0.2, 0.25) is 0 Å². The Bertz CT molecular complexity index is 1500. The topological polar surface area (TPSA) is 96.5 Å². The van der Waals surface area contributed by atoms with E-state index in [-0.39, 0.29) is 11.9 Å². The van der Waals surface area contributed by atoms with E-state index in [0.717, 1.165) is 53.0 Å². The Labute approximate surface area is 216 Å². The van der Waals surface area contributed by atoms with Crippen LogP contribution < -0.4 is 0 Å². The highest BCUT2D eigenvalue weighted by Gasteiger charge is 2.37. The molecular formula is C28H34N6O3. The number of hydrogen-bond donors (Lipinski definition) is 1. The third-order valence-corrected chi connectivity index (χ3v) is 7.31. The first-order valence-corrected chi connectivity index (χ1v) is 12.8. The summed E-state index contributed by atoms with van der Waals surface area (Å²) in [5.41, 5.74) is 3.62. The summed E-state index contributed by atoms with van der Waals surface area (Å²) in [4.78, 5) is 38.3. The molecule has 1 saturated heterocycles. The average molecular weight is 503 g/mol. The zero-order chi connectivity index (χ0) is 26.5. The van der Waals surface area contributed by atoms with Gasteiger partial charge in [0.15, 0.2) is 5.82 Å². The summed E-state index contributed by atoms with van der Waals surface area (Å²) in [5.74, 6) is 0.727. The van der Waals surface area contributed by atoms with E-state index in [1.165, 1.54) is 4.90 Å². The zero-order valence-electron chi connectivity index (χ0n) is 22.1. The van der Waals surface area contributed by atoms with Gasteiger partial charge in [-0.1, -0.05) is 0 Å². The van der Waals surface area contributed by atoms with Crippen molar-refractivity contribution >= 4 is 34.1 Å². The first kappa shape index (κ1) is 24.8. The maximum absolute atomic E-state index is 13.5. The van der Waals surface area contributed by atoms with Gasteiger partial charge in [-0.3, -0.25) is 9.69 Å². The minimum atomic E-state index is -0.950. The summed E-state index contributed by atoms with van der Waals surface area (Å²) in [6.07, 6.45) is 2.36. The number of piperidine rings is 1. The Hall–Kier alpha value is -3.88. The van der Waals surface area contributed by atoms with Gasteiger partial charge in [0, 0.05) is 49.4 Å². The molecule has 0 saturated carbocycles. The number of carbonyl (C=O) groups excluding carboxylic acids is 1. The van der Waals surface area contributed by atoms with Gasteiger partial charge in [0.25, 0.3) is 5.91 Å². The van der Waals surface area contributed by atoms with Crippen molar-refractivity contribution in [3.63, 3.8) is 0 Å². The zero-order valence-corrected chi connectivity index (χ0v) is 22.1. The van der Waals surface area contributed by atoms with E-state index >= 15 is 0 Å². The number of carbonyl (C=O) groups is 2. The van der Waals surface area contributed by atoms with Gasteiger partial charge in [-0.25, -0.2) is 14.8 Å². The maximum atomic E-state index is 13.5. The quantitative estimate of drug-likeness (QED) is 0.424. The number of imidazole rings is 1. The Kier molecular flexibility index (Phi) is 6.17. The number of carboxylic acid groups (broad SMARTS) is 1. The highest BCUT2D eigenvalue weighted by Crippen LogP contribution is 2.30. The van der Waals surface area contributed by atoms with Crippen LogP contribution in [0.25, 0.3) is 33.6 Å². The molecule has 4 heterocycles. The second kappa shape index (κ2) is 9.21. The second-order valence-electron chi connectivity index (χ2n) is 10.8. The number of rotatable bonds is 4. The number of benzene rings is 1. The van der Waals surface area contributed by atoms with Crippen molar-refractivity contribution in [3.05, 3.63) is 48.2 Å². The number of amides is 2. The summed E-state index contributed by atoms with van der Waals surface area (Å²) >= 11 is 0. The molecule has 0 radical (unpaired) electrons. The Morgan fingerprint density at radius 3 is 2.68 bits per heavy atom. The fraction of sp³-hybridized carbons (Fsp3) is 0.429. The predicted molar refractivity (Wildman–Crippen MR) is 144 cm³/mol. The van der Waals surface area contributed by atoms with Gasteiger partial charge < -0.3 is 19.1 Å². The summed E-state index contributed by atoms with van der Waals surface area (Å²) in [7, 11) is 1.99. The number of likely N-dealkylation sites (tertiary alicyclic amines) is 1.